The molecular formula is C16H17NO. The molecule has 0 radical (unpaired) electrons. The van der Waals surface area contributed by atoms with Crippen LogP contribution in [0.5, 0.6) is 0 Å². The van der Waals surface area contributed by atoms with Gasteiger partial charge in [-0.2, -0.15) is 0 Å². The maximum Gasteiger partial charge on any atom is 0.250 e. The second-order valence-electron chi connectivity index (χ2n) is 4.94. The van der Waals surface area contributed by atoms with E-state index in [1.807, 2.05) is 28.8 Å². The standard InChI is InChI=1S/C16H17NO/c18-16-11-14-7-4-8-15(14)12-17(16)10-9-13-5-2-1-3-6-13/h1-3,5-6,11-12H,4,7-10H2. The van der Waals surface area contributed by atoms with E-state index >= 15 is 0 Å². The highest BCUT2D eigenvalue weighted by molar-refractivity contribution is 5.28. The van der Waals surface area contributed by atoms with E-state index in [0.717, 1.165) is 25.8 Å². The van der Waals surface area contributed by atoms with Gasteiger partial charge < -0.3 is 4.57 Å². The number of pyridine rings is 1. The Morgan fingerprint density at radius 1 is 1.06 bits per heavy atom. The van der Waals surface area contributed by atoms with Gasteiger partial charge in [-0.3, -0.25) is 4.79 Å². The summed E-state index contributed by atoms with van der Waals surface area (Å²) >= 11 is 0. The second-order valence-corrected chi connectivity index (χ2v) is 4.94. The van der Waals surface area contributed by atoms with Crippen LogP contribution in [0.2, 0.25) is 0 Å². The number of hydrogen-bond acceptors (Lipinski definition) is 1. The van der Waals surface area contributed by atoms with E-state index in [1.54, 1.807) is 0 Å². The molecule has 1 aromatic carbocycles. The van der Waals surface area contributed by atoms with E-state index in [9.17, 15) is 4.79 Å². The highest BCUT2D eigenvalue weighted by Gasteiger charge is 2.12. The van der Waals surface area contributed by atoms with Gasteiger partial charge in [0.2, 0.25) is 0 Å². The van der Waals surface area contributed by atoms with Crippen LogP contribution in [0.3, 0.4) is 0 Å². The minimum Gasteiger partial charge on any atom is -0.315 e. The number of hydrogen-bond donors (Lipinski definition) is 0. The molecule has 2 heteroatoms. The van der Waals surface area contributed by atoms with Gasteiger partial charge in [0.25, 0.3) is 5.56 Å². The third-order valence-corrected chi connectivity index (χ3v) is 3.68. The summed E-state index contributed by atoms with van der Waals surface area (Å²) in [6.45, 7) is 0.774. The third kappa shape index (κ3) is 2.23. The Morgan fingerprint density at radius 2 is 1.83 bits per heavy atom. The first-order valence-electron chi connectivity index (χ1n) is 6.59. The Labute approximate surface area is 107 Å². The largest absolute Gasteiger partial charge is 0.315 e. The molecule has 92 valence electrons. The van der Waals surface area contributed by atoms with Crippen molar-refractivity contribution in [2.75, 3.05) is 0 Å². The quantitative estimate of drug-likeness (QED) is 0.807. The molecule has 1 aromatic heterocycles. The van der Waals surface area contributed by atoms with E-state index in [-0.39, 0.29) is 5.56 Å². The lowest BCUT2D eigenvalue weighted by atomic mass is 10.1. The highest BCUT2D eigenvalue weighted by Crippen LogP contribution is 2.19. The first kappa shape index (κ1) is 11.3. The molecule has 0 bridgehead atoms. The van der Waals surface area contributed by atoms with E-state index in [1.165, 1.54) is 23.1 Å². The van der Waals surface area contributed by atoms with Crippen molar-refractivity contribution in [3.8, 4) is 0 Å². The Balaban J connectivity index is 1.79. The Morgan fingerprint density at radius 3 is 2.67 bits per heavy atom. The lowest BCUT2D eigenvalue weighted by molar-refractivity contribution is 0.664. The van der Waals surface area contributed by atoms with Gasteiger partial charge in [0, 0.05) is 18.8 Å². The predicted molar refractivity (Wildman–Crippen MR) is 72.9 cm³/mol. The molecule has 0 unspecified atom stereocenters. The van der Waals surface area contributed by atoms with Crippen molar-refractivity contribution >= 4 is 0 Å². The summed E-state index contributed by atoms with van der Waals surface area (Å²) in [6.07, 6.45) is 6.37. The fourth-order valence-electron chi connectivity index (χ4n) is 2.66. The van der Waals surface area contributed by atoms with Crippen LogP contribution in [0.1, 0.15) is 23.1 Å². The van der Waals surface area contributed by atoms with Crippen LogP contribution in [-0.2, 0) is 25.8 Å². The van der Waals surface area contributed by atoms with Crippen molar-refractivity contribution < 1.29 is 0 Å². The van der Waals surface area contributed by atoms with E-state index < -0.39 is 0 Å². The molecule has 0 amide bonds. The molecular weight excluding hydrogens is 222 g/mol. The molecule has 0 atom stereocenters. The minimum atomic E-state index is 0.145. The molecule has 3 rings (SSSR count). The first-order chi connectivity index (χ1) is 8.83. The van der Waals surface area contributed by atoms with Crippen LogP contribution in [0.15, 0.2) is 47.4 Å². The number of rotatable bonds is 3. The number of nitrogens with zero attached hydrogens (tertiary/aromatic N) is 1. The highest BCUT2D eigenvalue weighted by atomic mass is 16.1. The van der Waals surface area contributed by atoms with Crippen LogP contribution in [0, 0.1) is 0 Å². The van der Waals surface area contributed by atoms with Gasteiger partial charge in [0.15, 0.2) is 0 Å². The average Bonchev–Trinajstić information content (AvgIpc) is 2.84. The van der Waals surface area contributed by atoms with Crippen LogP contribution >= 0.6 is 0 Å². The van der Waals surface area contributed by atoms with Gasteiger partial charge >= 0.3 is 0 Å². The number of aryl methyl sites for hydroxylation is 4. The van der Waals surface area contributed by atoms with Crippen molar-refractivity contribution in [1.29, 1.82) is 0 Å². The van der Waals surface area contributed by atoms with E-state index in [4.69, 9.17) is 0 Å². The molecule has 1 aliphatic rings. The summed E-state index contributed by atoms with van der Waals surface area (Å²) in [5, 5.41) is 0. The van der Waals surface area contributed by atoms with Gasteiger partial charge in [-0.05, 0) is 42.4 Å². The first-order valence-corrected chi connectivity index (χ1v) is 6.59. The Bertz CT molecular complexity index is 598. The average molecular weight is 239 g/mol. The molecule has 0 fully saturated rings. The fourth-order valence-corrected chi connectivity index (χ4v) is 2.66. The predicted octanol–water partition coefficient (Wildman–Crippen LogP) is 2.58. The summed E-state index contributed by atoms with van der Waals surface area (Å²) in [6, 6.07) is 12.1. The van der Waals surface area contributed by atoms with Gasteiger partial charge in [-0.1, -0.05) is 30.3 Å². The summed E-state index contributed by atoms with van der Waals surface area (Å²) in [5.74, 6) is 0. The SMILES string of the molecule is O=c1cc2c(cn1CCc1ccccc1)CCC2. The molecule has 0 N–H and O–H groups in total. The summed E-state index contributed by atoms with van der Waals surface area (Å²) < 4.78 is 1.86. The van der Waals surface area contributed by atoms with Crippen molar-refractivity contribution in [3.63, 3.8) is 0 Å². The van der Waals surface area contributed by atoms with Crippen LogP contribution in [0.4, 0.5) is 0 Å². The molecule has 2 nitrogen and oxygen atoms in total. The van der Waals surface area contributed by atoms with Gasteiger partial charge in [0.1, 0.15) is 0 Å². The maximum atomic E-state index is 12.0. The second kappa shape index (κ2) is 4.81. The zero-order valence-corrected chi connectivity index (χ0v) is 10.4. The molecule has 0 saturated heterocycles. The Hall–Kier alpha value is -1.83. The minimum absolute atomic E-state index is 0.145. The molecule has 18 heavy (non-hydrogen) atoms. The Kier molecular flexibility index (Phi) is 3.01. The monoisotopic (exact) mass is 239 g/mol. The smallest absolute Gasteiger partial charge is 0.250 e. The molecule has 0 aliphatic heterocycles. The van der Waals surface area contributed by atoms with Crippen molar-refractivity contribution in [2.45, 2.75) is 32.2 Å². The zero-order chi connectivity index (χ0) is 12.4. The summed E-state index contributed by atoms with van der Waals surface area (Å²) in [4.78, 5) is 12.0. The normalized spacial score (nSPS) is 13.6. The lowest BCUT2D eigenvalue weighted by Gasteiger charge is -2.08. The molecule has 0 saturated carbocycles. The zero-order valence-electron chi connectivity index (χ0n) is 10.4. The number of aromatic nitrogens is 1. The maximum absolute atomic E-state index is 12.0. The third-order valence-electron chi connectivity index (χ3n) is 3.68. The van der Waals surface area contributed by atoms with Gasteiger partial charge in [-0.25, -0.2) is 0 Å². The number of benzene rings is 1. The number of fused-ring (bicyclic) bond motifs is 1. The summed E-state index contributed by atoms with van der Waals surface area (Å²) in [7, 11) is 0. The summed E-state index contributed by atoms with van der Waals surface area (Å²) in [5.41, 5.74) is 4.05. The van der Waals surface area contributed by atoms with Crippen LogP contribution in [-0.4, -0.2) is 4.57 Å². The van der Waals surface area contributed by atoms with Crippen molar-refractivity contribution in [1.82, 2.24) is 4.57 Å². The lowest BCUT2D eigenvalue weighted by Crippen LogP contribution is -2.21. The molecule has 0 spiro atoms. The molecule has 1 aliphatic carbocycles. The van der Waals surface area contributed by atoms with Crippen molar-refractivity contribution in [3.05, 3.63) is 69.6 Å². The van der Waals surface area contributed by atoms with E-state index in [2.05, 4.69) is 18.3 Å². The molecule has 2 aromatic rings. The van der Waals surface area contributed by atoms with E-state index in [0.29, 0.717) is 0 Å². The van der Waals surface area contributed by atoms with Crippen LogP contribution in [0.25, 0.3) is 0 Å². The van der Waals surface area contributed by atoms with Crippen molar-refractivity contribution in [2.24, 2.45) is 0 Å². The fraction of sp³-hybridized carbons (Fsp3) is 0.312. The van der Waals surface area contributed by atoms with Gasteiger partial charge in [0.05, 0.1) is 0 Å². The van der Waals surface area contributed by atoms with Crippen LogP contribution < -0.4 is 5.56 Å². The molecule has 1 heterocycles. The topological polar surface area (TPSA) is 22.0 Å². The van der Waals surface area contributed by atoms with Gasteiger partial charge in [-0.15, -0.1) is 0 Å².